The van der Waals surface area contributed by atoms with Crippen LogP contribution in [0.2, 0.25) is 0 Å². The van der Waals surface area contributed by atoms with E-state index in [4.69, 9.17) is 9.47 Å². The van der Waals surface area contributed by atoms with E-state index in [0.717, 1.165) is 16.7 Å². The summed E-state index contributed by atoms with van der Waals surface area (Å²) in [5.41, 5.74) is 3.69. The van der Waals surface area contributed by atoms with Gasteiger partial charge in [-0.1, -0.05) is 36.4 Å². The summed E-state index contributed by atoms with van der Waals surface area (Å²) in [4.78, 5) is 38.4. The molecule has 0 heterocycles. The topological polar surface area (TPSA) is 69.7 Å². The van der Waals surface area contributed by atoms with E-state index in [-0.39, 0.29) is 23.6 Å². The molecule has 2 bridgehead atoms. The number of Topliss-reactive ketones (excluding diaryl/α,β-unsaturated/α-hetero) is 1. The molecule has 0 saturated carbocycles. The first-order chi connectivity index (χ1) is 13.5. The van der Waals surface area contributed by atoms with Crippen molar-refractivity contribution in [1.82, 2.24) is 0 Å². The normalized spacial score (nSPS) is 22.9. The fourth-order valence-electron chi connectivity index (χ4n) is 4.80. The molecule has 0 aliphatic heterocycles. The number of benzene rings is 2. The Balaban J connectivity index is 1.89. The molecule has 5 heteroatoms. The molecule has 2 aliphatic rings. The van der Waals surface area contributed by atoms with Crippen molar-refractivity contribution >= 4 is 17.7 Å². The van der Waals surface area contributed by atoms with Crippen molar-refractivity contribution in [3.8, 4) is 0 Å². The molecular formula is C23H22O5. The van der Waals surface area contributed by atoms with Crippen molar-refractivity contribution in [3.05, 3.63) is 70.3 Å². The molecule has 2 aromatic rings. The van der Waals surface area contributed by atoms with E-state index in [9.17, 15) is 14.4 Å². The third-order valence-electron chi connectivity index (χ3n) is 6.06. The first-order valence-corrected chi connectivity index (χ1v) is 9.45. The number of ether oxygens (including phenoxy) is 2. The van der Waals surface area contributed by atoms with Gasteiger partial charge in [-0.05, 0) is 47.9 Å². The molecule has 2 aliphatic carbocycles. The maximum absolute atomic E-state index is 13.3. The summed E-state index contributed by atoms with van der Waals surface area (Å²) in [5.74, 6) is -1.54. The van der Waals surface area contributed by atoms with Crippen molar-refractivity contribution in [1.29, 1.82) is 0 Å². The SMILES string of the molecule is COC(=O)c1cccc2c1CC1CC(C2)C(C(=O)OC)c2ccccc2C1=O. The van der Waals surface area contributed by atoms with Crippen molar-refractivity contribution in [2.45, 2.75) is 25.2 Å². The number of esters is 2. The zero-order valence-corrected chi connectivity index (χ0v) is 15.9. The average Bonchev–Trinajstić information content (AvgIpc) is 2.98. The molecule has 3 unspecified atom stereocenters. The van der Waals surface area contributed by atoms with E-state index >= 15 is 0 Å². The smallest absolute Gasteiger partial charge is 0.338 e. The van der Waals surface area contributed by atoms with Crippen LogP contribution in [0.3, 0.4) is 0 Å². The van der Waals surface area contributed by atoms with Crippen LogP contribution in [0.25, 0.3) is 0 Å². The molecule has 0 fully saturated rings. The van der Waals surface area contributed by atoms with Crippen LogP contribution in [0.1, 0.15) is 49.7 Å². The zero-order chi connectivity index (χ0) is 19.8. The lowest BCUT2D eigenvalue weighted by molar-refractivity contribution is -0.144. The predicted molar refractivity (Wildman–Crippen MR) is 102 cm³/mol. The van der Waals surface area contributed by atoms with Gasteiger partial charge >= 0.3 is 11.9 Å². The summed E-state index contributed by atoms with van der Waals surface area (Å²) >= 11 is 0. The number of ketones is 1. The Hall–Kier alpha value is -2.95. The summed E-state index contributed by atoms with van der Waals surface area (Å²) in [6, 6.07) is 12.9. The van der Waals surface area contributed by atoms with Crippen molar-refractivity contribution in [2.24, 2.45) is 11.8 Å². The van der Waals surface area contributed by atoms with E-state index in [1.54, 1.807) is 12.1 Å². The molecule has 5 nitrogen and oxygen atoms in total. The Morgan fingerprint density at radius 3 is 2.50 bits per heavy atom. The standard InChI is InChI=1S/C23H22O5/c1-27-22(25)18-9-5-6-13-10-14-11-15(12-19(13)18)21(24)17-8-4-3-7-16(17)20(14)23(26)28-2/h3-9,14-15,20H,10-12H2,1-2H3. The number of hydrogen-bond donors (Lipinski definition) is 0. The van der Waals surface area contributed by atoms with Gasteiger partial charge in [0.05, 0.1) is 25.7 Å². The second kappa shape index (κ2) is 7.23. The molecule has 0 amide bonds. The molecule has 144 valence electrons. The minimum absolute atomic E-state index is 0.0273. The summed E-state index contributed by atoms with van der Waals surface area (Å²) in [5, 5.41) is 0. The Bertz CT molecular complexity index is 961. The largest absolute Gasteiger partial charge is 0.469 e. The van der Waals surface area contributed by atoms with Crippen LogP contribution in [-0.4, -0.2) is 31.9 Å². The van der Waals surface area contributed by atoms with Crippen LogP contribution in [-0.2, 0) is 27.1 Å². The third-order valence-corrected chi connectivity index (χ3v) is 6.06. The first-order valence-electron chi connectivity index (χ1n) is 9.45. The summed E-state index contributed by atoms with van der Waals surface area (Å²) in [6.07, 6.45) is 1.67. The Morgan fingerprint density at radius 1 is 0.964 bits per heavy atom. The summed E-state index contributed by atoms with van der Waals surface area (Å²) < 4.78 is 10.1. The number of carbonyl (C=O) groups excluding carboxylic acids is 3. The molecule has 4 rings (SSSR count). The molecule has 0 radical (unpaired) electrons. The van der Waals surface area contributed by atoms with Gasteiger partial charge in [-0.2, -0.15) is 0 Å². The lowest BCUT2D eigenvalue weighted by atomic mass is 9.80. The van der Waals surface area contributed by atoms with Gasteiger partial charge in [0.2, 0.25) is 0 Å². The van der Waals surface area contributed by atoms with Crippen LogP contribution >= 0.6 is 0 Å². The van der Waals surface area contributed by atoms with Gasteiger partial charge in [-0.3, -0.25) is 9.59 Å². The van der Waals surface area contributed by atoms with E-state index in [1.165, 1.54) is 14.2 Å². The highest BCUT2D eigenvalue weighted by atomic mass is 16.5. The molecule has 0 aromatic heterocycles. The van der Waals surface area contributed by atoms with E-state index in [2.05, 4.69) is 0 Å². The van der Waals surface area contributed by atoms with E-state index in [0.29, 0.717) is 30.4 Å². The highest BCUT2D eigenvalue weighted by molar-refractivity contribution is 6.02. The number of hydrogen-bond acceptors (Lipinski definition) is 5. The Kier molecular flexibility index (Phi) is 4.75. The molecule has 0 spiro atoms. The lowest BCUT2D eigenvalue weighted by Crippen LogP contribution is -2.25. The second-order valence-electron chi connectivity index (χ2n) is 7.49. The first kappa shape index (κ1) is 18.4. The fraction of sp³-hybridized carbons (Fsp3) is 0.348. The van der Waals surface area contributed by atoms with Gasteiger partial charge in [0.15, 0.2) is 5.78 Å². The van der Waals surface area contributed by atoms with Crippen LogP contribution in [0.15, 0.2) is 42.5 Å². The van der Waals surface area contributed by atoms with Crippen molar-refractivity contribution in [3.63, 3.8) is 0 Å². The van der Waals surface area contributed by atoms with Gasteiger partial charge in [0.1, 0.15) is 0 Å². The minimum Gasteiger partial charge on any atom is -0.469 e. The van der Waals surface area contributed by atoms with Crippen molar-refractivity contribution < 1.29 is 23.9 Å². The molecule has 2 aromatic carbocycles. The maximum atomic E-state index is 13.3. The zero-order valence-electron chi connectivity index (χ0n) is 15.9. The van der Waals surface area contributed by atoms with Crippen LogP contribution in [0, 0.1) is 11.8 Å². The van der Waals surface area contributed by atoms with Gasteiger partial charge < -0.3 is 9.47 Å². The number of fused-ring (bicyclic) bond motifs is 4. The van der Waals surface area contributed by atoms with Gasteiger partial charge in [-0.25, -0.2) is 4.79 Å². The average molecular weight is 378 g/mol. The number of carbonyl (C=O) groups is 3. The van der Waals surface area contributed by atoms with Crippen LogP contribution in [0.4, 0.5) is 0 Å². The highest BCUT2D eigenvalue weighted by Gasteiger charge is 2.42. The van der Waals surface area contributed by atoms with Crippen molar-refractivity contribution in [2.75, 3.05) is 14.2 Å². The molecular weight excluding hydrogens is 356 g/mol. The fourth-order valence-corrected chi connectivity index (χ4v) is 4.80. The highest BCUT2D eigenvalue weighted by Crippen LogP contribution is 2.43. The Labute approximate surface area is 163 Å². The van der Waals surface area contributed by atoms with E-state index < -0.39 is 11.9 Å². The van der Waals surface area contributed by atoms with Crippen LogP contribution in [0.5, 0.6) is 0 Å². The Morgan fingerprint density at radius 2 is 1.75 bits per heavy atom. The van der Waals surface area contributed by atoms with E-state index in [1.807, 2.05) is 30.3 Å². The van der Waals surface area contributed by atoms with Gasteiger partial charge in [-0.15, -0.1) is 0 Å². The predicted octanol–water partition coefficient (Wildman–Crippen LogP) is 3.35. The quantitative estimate of drug-likeness (QED) is 0.750. The monoisotopic (exact) mass is 378 g/mol. The maximum Gasteiger partial charge on any atom is 0.338 e. The molecule has 0 saturated heterocycles. The second-order valence-corrected chi connectivity index (χ2v) is 7.49. The number of methoxy groups -OCH3 is 2. The molecule has 3 atom stereocenters. The summed E-state index contributed by atoms with van der Waals surface area (Å²) in [6.45, 7) is 0. The van der Waals surface area contributed by atoms with Gasteiger partial charge in [0, 0.05) is 11.5 Å². The number of rotatable bonds is 2. The minimum atomic E-state index is -0.497. The third kappa shape index (κ3) is 2.91. The molecule has 0 N–H and O–H groups in total. The lowest BCUT2D eigenvalue weighted by Gasteiger charge is -2.24. The molecule has 28 heavy (non-hydrogen) atoms. The van der Waals surface area contributed by atoms with Gasteiger partial charge in [0.25, 0.3) is 0 Å². The summed E-state index contributed by atoms with van der Waals surface area (Å²) in [7, 11) is 2.74. The van der Waals surface area contributed by atoms with Crippen LogP contribution < -0.4 is 0 Å².